The molecule has 1 aromatic heterocycles. The molecule has 0 bridgehead atoms. The fourth-order valence-electron chi connectivity index (χ4n) is 2.34. The van der Waals surface area contributed by atoms with Crippen molar-refractivity contribution in [3.05, 3.63) is 65.5 Å². The summed E-state index contributed by atoms with van der Waals surface area (Å²) in [5.41, 5.74) is 1.88. The Bertz CT molecular complexity index is 820. The molecule has 2 aromatic carbocycles. The number of imidazole rings is 1. The van der Waals surface area contributed by atoms with Gasteiger partial charge in [0.05, 0.1) is 11.0 Å². The van der Waals surface area contributed by atoms with Crippen LogP contribution in [-0.4, -0.2) is 15.8 Å². The van der Waals surface area contributed by atoms with Gasteiger partial charge in [-0.3, -0.25) is 4.79 Å². The van der Waals surface area contributed by atoms with Gasteiger partial charge in [-0.05, 0) is 17.7 Å². The van der Waals surface area contributed by atoms with Crippen molar-refractivity contribution in [2.75, 3.05) is 0 Å². The second-order valence-electron chi connectivity index (χ2n) is 4.87. The van der Waals surface area contributed by atoms with E-state index in [1.54, 1.807) is 48.5 Å². The minimum Gasteiger partial charge on any atom is -0.316 e. The fraction of sp³-hybridized carbons (Fsp3) is 0.125. The average molecular weight is 304 g/mol. The van der Waals surface area contributed by atoms with Gasteiger partial charge in [0.25, 0.3) is 0 Å². The molecule has 0 atom stereocenters. The lowest BCUT2D eigenvalue weighted by atomic mass is 10.1. The molecule has 0 aliphatic carbocycles. The number of nitrogens with zero attached hydrogens (tertiary/aromatic N) is 2. The van der Waals surface area contributed by atoms with Crippen molar-refractivity contribution in [2.45, 2.75) is 12.7 Å². The molecule has 22 heavy (non-hydrogen) atoms. The molecule has 0 fully saturated rings. The van der Waals surface area contributed by atoms with E-state index < -0.39 is 12.0 Å². The highest BCUT2D eigenvalue weighted by Crippen LogP contribution is 2.32. The first-order chi connectivity index (χ1) is 10.5. The Morgan fingerprint density at radius 2 is 1.73 bits per heavy atom. The van der Waals surface area contributed by atoms with Crippen molar-refractivity contribution in [1.29, 1.82) is 0 Å². The predicted molar refractivity (Wildman–Crippen MR) is 75.7 cm³/mol. The standard InChI is InChI=1S/C16H11F3N2O/c17-16(18,19)15-20-13-3-1-2-4-14(13)21(15)9-11-5-7-12(10-22)8-6-11/h1-8,10H,9H2. The molecule has 1 heterocycles. The molecular weight excluding hydrogens is 293 g/mol. The van der Waals surface area contributed by atoms with E-state index in [4.69, 9.17) is 0 Å². The molecule has 0 spiro atoms. The second-order valence-corrected chi connectivity index (χ2v) is 4.87. The molecule has 0 aliphatic rings. The van der Waals surface area contributed by atoms with Crippen LogP contribution in [0.2, 0.25) is 0 Å². The molecule has 0 radical (unpaired) electrons. The first kappa shape index (κ1) is 14.3. The van der Waals surface area contributed by atoms with Crippen LogP contribution in [0, 0.1) is 0 Å². The van der Waals surface area contributed by atoms with Crippen molar-refractivity contribution in [3.8, 4) is 0 Å². The van der Waals surface area contributed by atoms with E-state index in [1.807, 2.05) is 0 Å². The van der Waals surface area contributed by atoms with Gasteiger partial charge in [-0.2, -0.15) is 13.2 Å². The summed E-state index contributed by atoms with van der Waals surface area (Å²) in [5.74, 6) is -0.923. The van der Waals surface area contributed by atoms with Crippen LogP contribution in [0.3, 0.4) is 0 Å². The van der Waals surface area contributed by atoms with Gasteiger partial charge in [0.1, 0.15) is 6.29 Å². The highest BCUT2D eigenvalue weighted by atomic mass is 19.4. The van der Waals surface area contributed by atoms with Crippen LogP contribution in [-0.2, 0) is 12.7 Å². The summed E-state index contributed by atoms with van der Waals surface area (Å²) in [7, 11) is 0. The van der Waals surface area contributed by atoms with Crippen LogP contribution in [0.5, 0.6) is 0 Å². The molecule has 0 amide bonds. The third-order valence-electron chi connectivity index (χ3n) is 3.36. The minimum absolute atomic E-state index is 0.0362. The number of carbonyl (C=O) groups is 1. The van der Waals surface area contributed by atoms with Crippen molar-refractivity contribution < 1.29 is 18.0 Å². The summed E-state index contributed by atoms with van der Waals surface area (Å²) in [6, 6.07) is 12.9. The average Bonchev–Trinajstić information content (AvgIpc) is 2.87. The highest BCUT2D eigenvalue weighted by Gasteiger charge is 2.37. The monoisotopic (exact) mass is 304 g/mol. The van der Waals surface area contributed by atoms with Crippen LogP contribution in [0.1, 0.15) is 21.7 Å². The van der Waals surface area contributed by atoms with E-state index >= 15 is 0 Å². The van der Waals surface area contributed by atoms with Gasteiger partial charge in [0.2, 0.25) is 5.82 Å². The number of hydrogen-bond donors (Lipinski definition) is 0. The predicted octanol–water partition coefficient (Wildman–Crippen LogP) is 3.92. The second kappa shape index (κ2) is 5.29. The minimum atomic E-state index is -4.53. The number of aromatic nitrogens is 2. The van der Waals surface area contributed by atoms with Crippen molar-refractivity contribution in [2.24, 2.45) is 0 Å². The SMILES string of the molecule is O=Cc1ccc(Cn2c(C(F)(F)F)nc3ccccc32)cc1. The quantitative estimate of drug-likeness (QED) is 0.688. The number of benzene rings is 2. The maximum Gasteiger partial charge on any atom is 0.449 e. The van der Waals surface area contributed by atoms with Crippen molar-refractivity contribution in [3.63, 3.8) is 0 Å². The zero-order valence-electron chi connectivity index (χ0n) is 11.3. The largest absolute Gasteiger partial charge is 0.449 e. The van der Waals surface area contributed by atoms with E-state index in [9.17, 15) is 18.0 Å². The van der Waals surface area contributed by atoms with Gasteiger partial charge in [0.15, 0.2) is 0 Å². The fourth-order valence-corrected chi connectivity index (χ4v) is 2.34. The third kappa shape index (κ3) is 2.59. The van der Waals surface area contributed by atoms with Crippen molar-refractivity contribution in [1.82, 2.24) is 9.55 Å². The van der Waals surface area contributed by atoms with Gasteiger partial charge in [-0.1, -0.05) is 36.4 Å². The molecule has 0 aliphatic heterocycles. The summed E-state index contributed by atoms with van der Waals surface area (Å²) in [6.07, 6.45) is -3.83. The van der Waals surface area contributed by atoms with Crippen LogP contribution >= 0.6 is 0 Å². The Balaban J connectivity index is 2.09. The van der Waals surface area contributed by atoms with Crippen LogP contribution < -0.4 is 0 Å². The van der Waals surface area contributed by atoms with E-state index in [0.29, 0.717) is 28.4 Å². The van der Waals surface area contributed by atoms with E-state index in [2.05, 4.69) is 4.98 Å². The smallest absolute Gasteiger partial charge is 0.316 e. The molecule has 0 unspecified atom stereocenters. The summed E-state index contributed by atoms with van der Waals surface area (Å²) >= 11 is 0. The van der Waals surface area contributed by atoms with Gasteiger partial charge in [-0.25, -0.2) is 4.98 Å². The maximum absolute atomic E-state index is 13.2. The van der Waals surface area contributed by atoms with Gasteiger partial charge in [-0.15, -0.1) is 0 Å². The number of fused-ring (bicyclic) bond motifs is 1. The van der Waals surface area contributed by atoms with Gasteiger partial charge in [0, 0.05) is 12.1 Å². The third-order valence-corrected chi connectivity index (χ3v) is 3.36. The summed E-state index contributed by atoms with van der Waals surface area (Å²) in [6.45, 7) is 0.0362. The Morgan fingerprint density at radius 3 is 2.36 bits per heavy atom. The van der Waals surface area contributed by atoms with E-state index in [0.717, 1.165) is 4.57 Å². The molecule has 0 saturated heterocycles. The number of carbonyl (C=O) groups excluding carboxylic acids is 1. The Labute approximate surface area is 124 Å². The Morgan fingerprint density at radius 1 is 1.05 bits per heavy atom. The van der Waals surface area contributed by atoms with Crippen LogP contribution in [0.4, 0.5) is 13.2 Å². The summed E-state index contributed by atoms with van der Waals surface area (Å²) in [4.78, 5) is 14.3. The number of hydrogen-bond acceptors (Lipinski definition) is 2. The number of aldehydes is 1. The van der Waals surface area contributed by atoms with Crippen molar-refractivity contribution >= 4 is 17.3 Å². The molecule has 112 valence electrons. The molecule has 3 nitrogen and oxygen atoms in total. The summed E-state index contributed by atoms with van der Waals surface area (Å²) < 4.78 is 40.7. The Kier molecular flexibility index (Phi) is 3.44. The first-order valence-electron chi connectivity index (χ1n) is 6.55. The van der Waals surface area contributed by atoms with E-state index in [-0.39, 0.29) is 6.54 Å². The number of para-hydroxylation sites is 2. The zero-order chi connectivity index (χ0) is 15.7. The number of alkyl halides is 3. The molecule has 0 saturated carbocycles. The lowest BCUT2D eigenvalue weighted by Crippen LogP contribution is -2.15. The van der Waals surface area contributed by atoms with Crippen LogP contribution in [0.25, 0.3) is 11.0 Å². The lowest BCUT2D eigenvalue weighted by molar-refractivity contribution is -0.146. The van der Waals surface area contributed by atoms with Gasteiger partial charge < -0.3 is 4.57 Å². The molecule has 3 aromatic rings. The lowest BCUT2D eigenvalue weighted by Gasteiger charge is -2.11. The van der Waals surface area contributed by atoms with Gasteiger partial charge >= 0.3 is 6.18 Å². The first-order valence-corrected chi connectivity index (χ1v) is 6.55. The molecular formula is C16H11F3N2O. The number of rotatable bonds is 3. The Hall–Kier alpha value is -2.63. The molecule has 0 N–H and O–H groups in total. The molecule has 3 rings (SSSR count). The highest BCUT2D eigenvalue weighted by molar-refractivity contribution is 5.76. The van der Waals surface area contributed by atoms with Crippen LogP contribution in [0.15, 0.2) is 48.5 Å². The maximum atomic E-state index is 13.2. The number of halogens is 3. The topological polar surface area (TPSA) is 34.9 Å². The normalized spacial score (nSPS) is 11.8. The summed E-state index contributed by atoms with van der Waals surface area (Å²) in [5, 5.41) is 0. The molecule has 6 heteroatoms. The zero-order valence-corrected chi connectivity index (χ0v) is 11.3. The van der Waals surface area contributed by atoms with E-state index in [1.165, 1.54) is 0 Å².